The van der Waals surface area contributed by atoms with Crippen LogP contribution in [0.5, 0.6) is 0 Å². The summed E-state index contributed by atoms with van der Waals surface area (Å²) in [7, 11) is 3.82. The molecule has 0 aliphatic rings. The van der Waals surface area contributed by atoms with E-state index in [2.05, 4.69) is 50.1 Å². The highest BCUT2D eigenvalue weighted by Gasteiger charge is 2.31. The summed E-state index contributed by atoms with van der Waals surface area (Å²) < 4.78 is 5.35. The third-order valence-corrected chi connectivity index (χ3v) is 3.89. The third kappa shape index (κ3) is 3.03. The van der Waals surface area contributed by atoms with Crippen LogP contribution in [0.2, 0.25) is 0 Å². The Labute approximate surface area is 111 Å². The Bertz CT molecular complexity index is 344. The average molecular weight is 250 g/mol. The second-order valence-electron chi connectivity index (χ2n) is 4.79. The highest BCUT2D eigenvalue weighted by atomic mass is 16.5. The summed E-state index contributed by atoms with van der Waals surface area (Å²) in [5, 5.41) is 0. The minimum atomic E-state index is -0.123. The lowest BCUT2D eigenvalue weighted by Crippen LogP contribution is -2.55. The topological polar surface area (TPSA) is 38.5 Å². The number of nitrogens with zero attached hydrogens (tertiary/aromatic N) is 1. The number of methoxy groups -OCH3 is 1. The Balaban J connectivity index is 2.97. The van der Waals surface area contributed by atoms with Gasteiger partial charge in [-0.3, -0.25) is 0 Å². The van der Waals surface area contributed by atoms with Crippen LogP contribution in [-0.4, -0.2) is 32.8 Å². The minimum absolute atomic E-state index is 0.123. The molecule has 0 aromatic heterocycles. The van der Waals surface area contributed by atoms with Gasteiger partial charge in [-0.1, -0.05) is 26.0 Å². The predicted molar refractivity (Wildman–Crippen MR) is 78.2 cm³/mol. The molecule has 1 aromatic rings. The number of anilines is 1. The van der Waals surface area contributed by atoms with Crippen LogP contribution in [-0.2, 0) is 11.2 Å². The summed E-state index contributed by atoms with van der Waals surface area (Å²) in [5.74, 6) is 0. The smallest absolute Gasteiger partial charge is 0.0750 e. The van der Waals surface area contributed by atoms with Crippen molar-refractivity contribution in [3.05, 3.63) is 29.8 Å². The Kier molecular flexibility index (Phi) is 5.63. The fourth-order valence-electron chi connectivity index (χ4n) is 2.27. The van der Waals surface area contributed by atoms with E-state index < -0.39 is 0 Å². The van der Waals surface area contributed by atoms with Crippen molar-refractivity contribution in [2.45, 2.75) is 32.2 Å². The largest absolute Gasteiger partial charge is 0.382 e. The number of aryl methyl sites for hydroxylation is 1. The van der Waals surface area contributed by atoms with Gasteiger partial charge in [-0.05, 0) is 30.5 Å². The zero-order chi connectivity index (χ0) is 13.6. The SMILES string of the molecule is CCc1ccc(N(C)C(CC)(CN)COC)cc1. The first kappa shape index (κ1) is 15.0. The normalized spacial score (nSPS) is 14.3. The minimum Gasteiger partial charge on any atom is -0.382 e. The van der Waals surface area contributed by atoms with E-state index in [1.165, 1.54) is 11.3 Å². The summed E-state index contributed by atoms with van der Waals surface area (Å²) in [6, 6.07) is 8.67. The van der Waals surface area contributed by atoms with Gasteiger partial charge >= 0.3 is 0 Å². The molecule has 0 radical (unpaired) electrons. The van der Waals surface area contributed by atoms with Crippen molar-refractivity contribution < 1.29 is 4.74 Å². The van der Waals surface area contributed by atoms with E-state index in [9.17, 15) is 0 Å². The first-order valence-corrected chi connectivity index (χ1v) is 6.65. The first-order chi connectivity index (χ1) is 8.63. The molecule has 1 atom stereocenters. The van der Waals surface area contributed by atoms with E-state index in [0.717, 1.165) is 12.8 Å². The standard InChI is InChI=1S/C15H26N2O/c1-5-13-7-9-14(10-8-13)17(3)15(6-2,11-16)12-18-4/h7-10H,5-6,11-12,16H2,1-4H3. The highest BCUT2D eigenvalue weighted by molar-refractivity contribution is 5.49. The first-order valence-electron chi connectivity index (χ1n) is 6.65. The van der Waals surface area contributed by atoms with Crippen LogP contribution in [0.1, 0.15) is 25.8 Å². The van der Waals surface area contributed by atoms with E-state index in [1.54, 1.807) is 7.11 Å². The molecule has 1 unspecified atom stereocenters. The number of nitrogens with two attached hydrogens (primary N) is 1. The Morgan fingerprint density at radius 1 is 1.22 bits per heavy atom. The Morgan fingerprint density at radius 3 is 2.22 bits per heavy atom. The van der Waals surface area contributed by atoms with Crippen LogP contribution in [0.3, 0.4) is 0 Å². The molecule has 0 heterocycles. The fourth-order valence-corrected chi connectivity index (χ4v) is 2.27. The Hall–Kier alpha value is -1.06. The van der Waals surface area contributed by atoms with Gasteiger partial charge in [0.25, 0.3) is 0 Å². The lowest BCUT2D eigenvalue weighted by Gasteiger charge is -2.41. The molecule has 18 heavy (non-hydrogen) atoms. The third-order valence-electron chi connectivity index (χ3n) is 3.89. The van der Waals surface area contributed by atoms with E-state index in [1.807, 2.05) is 0 Å². The van der Waals surface area contributed by atoms with Crippen molar-refractivity contribution >= 4 is 5.69 Å². The summed E-state index contributed by atoms with van der Waals surface area (Å²) >= 11 is 0. The van der Waals surface area contributed by atoms with Crippen LogP contribution >= 0.6 is 0 Å². The van der Waals surface area contributed by atoms with Gasteiger partial charge in [0.05, 0.1) is 12.1 Å². The van der Waals surface area contributed by atoms with Crippen molar-refractivity contribution in [2.75, 3.05) is 32.2 Å². The van der Waals surface area contributed by atoms with Crippen molar-refractivity contribution in [1.82, 2.24) is 0 Å². The summed E-state index contributed by atoms with van der Waals surface area (Å²) in [5.41, 5.74) is 8.40. The fraction of sp³-hybridized carbons (Fsp3) is 0.600. The maximum Gasteiger partial charge on any atom is 0.0750 e. The van der Waals surface area contributed by atoms with Crippen LogP contribution < -0.4 is 10.6 Å². The van der Waals surface area contributed by atoms with Crippen LogP contribution in [0.4, 0.5) is 5.69 Å². The molecule has 3 heteroatoms. The molecule has 0 saturated carbocycles. The molecular formula is C15H26N2O. The van der Waals surface area contributed by atoms with Crippen LogP contribution in [0.15, 0.2) is 24.3 Å². The number of hydrogen-bond acceptors (Lipinski definition) is 3. The van der Waals surface area contributed by atoms with Crippen molar-refractivity contribution in [3.8, 4) is 0 Å². The maximum absolute atomic E-state index is 5.98. The molecule has 3 nitrogen and oxygen atoms in total. The van der Waals surface area contributed by atoms with Gasteiger partial charge in [-0.25, -0.2) is 0 Å². The zero-order valence-electron chi connectivity index (χ0n) is 12.1. The molecule has 0 bridgehead atoms. The van der Waals surface area contributed by atoms with Crippen molar-refractivity contribution in [2.24, 2.45) is 5.73 Å². The lowest BCUT2D eigenvalue weighted by molar-refractivity contribution is 0.130. The van der Waals surface area contributed by atoms with Gasteiger partial charge in [-0.2, -0.15) is 0 Å². The number of benzene rings is 1. The second kappa shape index (κ2) is 6.76. The number of ether oxygens (including phenoxy) is 1. The number of hydrogen-bond donors (Lipinski definition) is 1. The van der Waals surface area contributed by atoms with Crippen molar-refractivity contribution in [3.63, 3.8) is 0 Å². The van der Waals surface area contributed by atoms with Gasteiger partial charge in [0.2, 0.25) is 0 Å². The van der Waals surface area contributed by atoms with Gasteiger partial charge in [0.15, 0.2) is 0 Å². The predicted octanol–water partition coefficient (Wildman–Crippen LogP) is 2.44. The van der Waals surface area contributed by atoms with Gasteiger partial charge in [-0.15, -0.1) is 0 Å². The molecule has 1 rings (SSSR count). The van der Waals surface area contributed by atoms with Crippen LogP contribution in [0, 0.1) is 0 Å². The highest BCUT2D eigenvalue weighted by Crippen LogP contribution is 2.25. The molecule has 0 amide bonds. The second-order valence-corrected chi connectivity index (χ2v) is 4.79. The molecule has 0 aliphatic heterocycles. The van der Waals surface area contributed by atoms with Gasteiger partial charge < -0.3 is 15.4 Å². The number of likely N-dealkylation sites (N-methyl/N-ethyl adjacent to an activating group) is 1. The molecule has 0 saturated heterocycles. The maximum atomic E-state index is 5.98. The summed E-state index contributed by atoms with van der Waals surface area (Å²) in [4.78, 5) is 2.25. The van der Waals surface area contributed by atoms with Gasteiger partial charge in [0.1, 0.15) is 0 Å². The van der Waals surface area contributed by atoms with Crippen molar-refractivity contribution in [1.29, 1.82) is 0 Å². The average Bonchev–Trinajstić information content (AvgIpc) is 2.44. The summed E-state index contributed by atoms with van der Waals surface area (Å²) in [6.45, 7) is 5.55. The molecule has 0 spiro atoms. The summed E-state index contributed by atoms with van der Waals surface area (Å²) in [6.07, 6.45) is 2.03. The quantitative estimate of drug-likeness (QED) is 0.808. The Morgan fingerprint density at radius 2 is 1.83 bits per heavy atom. The molecule has 2 N–H and O–H groups in total. The van der Waals surface area contributed by atoms with E-state index >= 15 is 0 Å². The number of rotatable bonds is 7. The van der Waals surface area contributed by atoms with E-state index in [-0.39, 0.29) is 5.54 Å². The molecule has 102 valence electrons. The van der Waals surface area contributed by atoms with E-state index in [4.69, 9.17) is 10.5 Å². The molecule has 0 fully saturated rings. The van der Waals surface area contributed by atoms with Crippen LogP contribution in [0.25, 0.3) is 0 Å². The monoisotopic (exact) mass is 250 g/mol. The molecule has 1 aromatic carbocycles. The molecular weight excluding hydrogens is 224 g/mol. The van der Waals surface area contributed by atoms with Gasteiger partial charge in [0, 0.05) is 26.4 Å². The van der Waals surface area contributed by atoms with E-state index in [0.29, 0.717) is 13.2 Å². The molecule has 0 aliphatic carbocycles. The lowest BCUT2D eigenvalue weighted by atomic mass is 9.94. The zero-order valence-corrected chi connectivity index (χ0v) is 12.1.